The first-order valence-corrected chi connectivity index (χ1v) is 16.2. The van der Waals surface area contributed by atoms with Crippen LogP contribution in [-0.4, -0.2) is 45.2 Å². The number of nitrogens with two attached hydrogens (primary N) is 1. The molecule has 50 heavy (non-hydrogen) atoms. The molecule has 0 bridgehead atoms. The molecule has 3 aromatic rings. The summed E-state index contributed by atoms with van der Waals surface area (Å²) in [6.07, 6.45) is -7.13. The molecular formula is C32H36BF7N2O5S3. The van der Waals surface area contributed by atoms with Gasteiger partial charge in [-0.1, -0.05) is 18.2 Å². The van der Waals surface area contributed by atoms with E-state index in [4.69, 9.17) is 18.8 Å². The lowest BCUT2D eigenvalue weighted by molar-refractivity contribution is -0.140. The number of nitrogens with one attached hydrogen (secondary N) is 1. The van der Waals surface area contributed by atoms with Crippen molar-refractivity contribution in [1.82, 2.24) is 5.32 Å². The topological polar surface area (TPSA) is 99.9 Å². The van der Waals surface area contributed by atoms with E-state index in [9.17, 15) is 35.5 Å². The van der Waals surface area contributed by atoms with Gasteiger partial charge in [0.05, 0.1) is 35.0 Å². The summed E-state index contributed by atoms with van der Waals surface area (Å²) in [5.74, 6) is -0.861. The fourth-order valence-corrected chi connectivity index (χ4v) is 4.54. The summed E-state index contributed by atoms with van der Waals surface area (Å²) in [4.78, 5) is 19.6. The van der Waals surface area contributed by atoms with Crippen LogP contribution >= 0.6 is 36.0 Å². The van der Waals surface area contributed by atoms with Crippen molar-refractivity contribution in [3.63, 3.8) is 0 Å². The Bertz CT molecular complexity index is 1620. The maximum absolute atomic E-state index is 13.4. The quantitative estimate of drug-likeness (QED) is 0.0444. The van der Waals surface area contributed by atoms with E-state index in [0.29, 0.717) is 23.4 Å². The van der Waals surface area contributed by atoms with Crippen molar-refractivity contribution in [2.24, 2.45) is 5.73 Å². The van der Waals surface area contributed by atoms with Crippen molar-refractivity contribution in [3.05, 3.63) is 88.2 Å². The number of carbonyl (C=O) groups excluding carboxylic acids is 2. The molecule has 1 saturated heterocycles. The van der Waals surface area contributed by atoms with Crippen LogP contribution < -0.4 is 21.3 Å². The van der Waals surface area contributed by atoms with E-state index in [-0.39, 0.29) is 39.3 Å². The minimum atomic E-state index is -4.86. The van der Waals surface area contributed by atoms with Gasteiger partial charge in [0.25, 0.3) is 0 Å². The van der Waals surface area contributed by atoms with Crippen molar-refractivity contribution < 1.29 is 54.4 Å². The molecule has 1 amide bonds. The highest BCUT2D eigenvalue weighted by atomic mass is 33.1. The molecule has 18 heteroatoms. The van der Waals surface area contributed by atoms with Crippen LogP contribution in [0.25, 0.3) is 11.8 Å². The van der Waals surface area contributed by atoms with Crippen LogP contribution in [0.5, 0.6) is 5.75 Å². The Hall–Kier alpha value is -3.32. The third-order valence-electron chi connectivity index (χ3n) is 7.40. The van der Waals surface area contributed by atoms with Crippen LogP contribution in [0.1, 0.15) is 60.3 Å². The van der Waals surface area contributed by atoms with Gasteiger partial charge in [-0.25, -0.2) is 4.39 Å². The predicted octanol–water partition coefficient (Wildman–Crippen LogP) is 7.54. The number of alkyl halides is 6. The van der Waals surface area contributed by atoms with E-state index < -0.39 is 36.4 Å². The Labute approximate surface area is 301 Å². The lowest BCUT2D eigenvalue weighted by atomic mass is 9.78. The van der Waals surface area contributed by atoms with Crippen LogP contribution in [0, 0.1) is 5.82 Å². The second-order valence-electron chi connectivity index (χ2n) is 11.1. The molecule has 0 saturated carbocycles. The van der Waals surface area contributed by atoms with E-state index in [1.807, 2.05) is 33.8 Å². The average molecular weight is 769 g/mol. The van der Waals surface area contributed by atoms with Gasteiger partial charge in [0.15, 0.2) is 6.29 Å². The summed E-state index contributed by atoms with van der Waals surface area (Å²) < 4.78 is 107. The van der Waals surface area contributed by atoms with Crippen molar-refractivity contribution in [1.29, 1.82) is 0 Å². The fraction of sp³-hybridized carbons (Fsp3) is 0.312. The SMILES string of the molecule is CN/C(=C\c1ccc(F)c(C(F)(F)F)c1)c1ccc(C(F)(F)F)cc1S.COc1ccc(B2OC(C)(C)C(C)(C)O2)cc1C=O.NC=O.SS. The summed E-state index contributed by atoms with van der Waals surface area (Å²) >= 11 is 10.5. The zero-order valence-electron chi connectivity index (χ0n) is 27.6. The number of carbonyl (C=O) groups is 2. The first-order valence-electron chi connectivity index (χ1n) is 14.2. The van der Waals surface area contributed by atoms with Gasteiger partial charge in [-0.05, 0) is 81.2 Å². The molecule has 0 spiro atoms. The number of ether oxygens (including phenoxy) is 1. The molecule has 3 N–H and O–H groups in total. The fourth-order valence-electron chi connectivity index (χ4n) is 4.21. The number of hydrogen-bond acceptors (Lipinski definition) is 9. The third-order valence-corrected chi connectivity index (χ3v) is 7.77. The highest BCUT2D eigenvalue weighted by molar-refractivity contribution is 8.59. The van der Waals surface area contributed by atoms with E-state index >= 15 is 0 Å². The zero-order chi connectivity index (χ0) is 38.7. The molecule has 4 rings (SSSR count). The summed E-state index contributed by atoms with van der Waals surface area (Å²) in [5.41, 5.74) is 2.87. The molecular weight excluding hydrogens is 732 g/mol. The smallest absolute Gasteiger partial charge is 0.494 e. The summed E-state index contributed by atoms with van der Waals surface area (Å²) in [6, 6.07) is 10.6. The highest BCUT2D eigenvalue weighted by Crippen LogP contribution is 2.37. The Morgan fingerprint density at radius 2 is 1.46 bits per heavy atom. The van der Waals surface area contributed by atoms with E-state index in [2.05, 4.69) is 47.0 Å². The molecule has 1 heterocycles. The van der Waals surface area contributed by atoms with Crippen LogP contribution in [-0.2, 0) is 26.5 Å². The Morgan fingerprint density at radius 3 is 1.90 bits per heavy atom. The monoisotopic (exact) mass is 768 g/mol. The van der Waals surface area contributed by atoms with Crippen molar-refractivity contribution in [2.45, 2.75) is 56.1 Å². The van der Waals surface area contributed by atoms with Gasteiger partial charge < -0.3 is 25.1 Å². The molecule has 3 aromatic carbocycles. The van der Waals surface area contributed by atoms with Gasteiger partial charge in [0.1, 0.15) is 11.6 Å². The van der Waals surface area contributed by atoms with Gasteiger partial charge in [-0.15, -0.1) is 36.0 Å². The molecule has 0 aliphatic carbocycles. The lowest BCUT2D eigenvalue weighted by Gasteiger charge is -2.32. The number of methoxy groups -OCH3 is 1. The minimum absolute atomic E-state index is 0.0152. The molecule has 0 radical (unpaired) electrons. The molecule has 1 aliphatic rings. The van der Waals surface area contributed by atoms with Crippen molar-refractivity contribution in [3.8, 4) is 5.75 Å². The average Bonchev–Trinajstić information content (AvgIpc) is 3.27. The third kappa shape index (κ3) is 11.9. The Morgan fingerprint density at radius 1 is 0.900 bits per heavy atom. The zero-order valence-corrected chi connectivity index (χ0v) is 30.3. The number of primary amides is 1. The van der Waals surface area contributed by atoms with Crippen LogP contribution in [0.3, 0.4) is 0 Å². The number of aldehydes is 1. The molecule has 0 unspecified atom stereocenters. The van der Waals surface area contributed by atoms with Gasteiger partial charge >= 0.3 is 19.5 Å². The van der Waals surface area contributed by atoms with E-state index in [1.54, 1.807) is 12.1 Å². The predicted molar refractivity (Wildman–Crippen MR) is 189 cm³/mol. The Balaban J connectivity index is 0.000000458. The molecule has 7 nitrogen and oxygen atoms in total. The largest absolute Gasteiger partial charge is 0.496 e. The molecule has 274 valence electrons. The highest BCUT2D eigenvalue weighted by Gasteiger charge is 2.51. The van der Waals surface area contributed by atoms with Gasteiger partial charge in [-0.3, -0.25) is 9.59 Å². The Kier molecular flexibility index (Phi) is 16.8. The summed E-state index contributed by atoms with van der Waals surface area (Å²) in [5, 5.41) is 2.69. The van der Waals surface area contributed by atoms with Gasteiger partial charge in [0.2, 0.25) is 6.41 Å². The minimum Gasteiger partial charge on any atom is -0.496 e. The van der Waals surface area contributed by atoms with Crippen LogP contribution in [0.15, 0.2) is 59.5 Å². The molecule has 1 aliphatic heterocycles. The number of halogens is 7. The number of hydrogen-bond donors (Lipinski definition) is 5. The second kappa shape index (κ2) is 18.8. The second-order valence-corrected chi connectivity index (χ2v) is 11.6. The van der Waals surface area contributed by atoms with E-state index in [1.165, 1.54) is 20.2 Å². The first kappa shape index (κ1) is 44.7. The van der Waals surface area contributed by atoms with Gasteiger partial charge in [0, 0.05) is 23.2 Å². The van der Waals surface area contributed by atoms with E-state index in [0.717, 1.165) is 36.0 Å². The van der Waals surface area contributed by atoms with Crippen LogP contribution in [0.4, 0.5) is 30.7 Å². The number of thiol groups is 3. The summed E-state index contributed by atoms with van der Waals surface area (Å²) in [7, 11) is 2.52. The molecule has 0 aromatic heterocycles. The summed E-state index contributed by atoms with van der Waals surface area (Å²) in [6.45, 7) is 7.99. The van der Waals surface area contributed by atoms with Gasteiger partial charge in [-0.2, -0.15) is 26.3 Å². The van der Waals surface area contributed by atoms with Crippen molar-refractivity contribution >= 4 is 73.0 Å². The van der Waals surface area contributed by atoms with Crippen LogP contribution in [0.2, 0.25) is 0 Å². The first-order chi connectivity index (χ1) is 23.1. The standard InChI is InChI=1S/C17H12F7NS.C14H19BO4.CH3NO.H2S2/c1-25-14(11-4-3-10(8-15(11)26)16(19,20)21)7-9-2-5-13(18)12(6-9)17(22,23)24;1-13(2)14(3,4)19-15(18-13)11-6-7-12(17-5)10(8-11)9-16;2-1-3;1-2/h2-8,25-26H,1H3;6-9H,1-5H3;1H,(H2,2,3);1-2H/b14-7-;;;. The van der Waals surface area contributed by atoms with Crippen molar-refractivity contribution in [2.75, 3.05) is 14.2 Å². The molecule has 0 atom stereocenters. The maximum atomic E-state index is 13.4. The lowest BCUT2D eigenvalue weighted by Crippen LogP contribution is -2.41. The molecule has 1 fully saturated rings. The maximum Gasteiger partial charge on any atom is 0.494 e. The number of rotatable bonds is 6. The normalized spacial score (nSPS) is 14.9. The number of amides is 1. The number of benzene rings is 3.